The van der Waals surface area contributed by atoms with Crippen LogP contribution in [0.15, 0.2) is 49.3 Å². The van der Waals surface area contributed by atoms with Crippen LogP contribution < -0.4 is 5.32 Å². The van der Waals surface area contributed by atoms with Crippen LogP contribution >= 0.6 is 11.6 Å². The molecule has 4 nitrogen and oxygen atoms in total. The fourth-order valence-electron chi connectivity index (χ4n) is 1.95. The highest BCUT2D eigenvalue weighted by Crippen LogP contribution is 2.20. The average molecular weight is 304 g/mol. The highest BCUT2D eigenvalue weighted by molar-refractivity contribution is 6.30. The first-order valence-electron chi connectivity index (χ1n) is 6.85. The molecule has 1 aromatic carbocycles. The number of halogens is 1. The molecule has 0 spiro atoms. The first kappa shape index (κ1) is 15.3. The number of aromatic nitrogens is 2. The highest BCUT2D eigenvalue weighted by Gasteiger charge is 2.03. The van der Waals surface area contributed by atoms with Crippen molar-refractivity contribution < 1.29 is 4.79 Å². The Bertz CT molecular complexity index is 604. The van der Waals surface area contributed by atoms with Gasteiger partial charge in [-0.05, 0) is 24.1 Å². The van der Waals surface area contributed by atoms with Gasteiger partial charge in [0.05, 0.1) is 6.20 Å². The van der Waals surface area contributed by atoms with E-state index in [1.807, 2.05) is 41.3 Å². The number of benzene rings is 1. The third-order valence-corrected chi connectivity index (χ3v) is 3.30. The molecule has 0 bridgehead atoms. The minimum absolute atomic E-state index is 0.0416. The van der Waals surface area contributed by atoms with Gasteiger partial charge in [0.25, 0.3) is 0 Å². The summed E-state index contributed by atoms with van der Waals surface area (Å²) in [5, 5.41) is 7.78. The van der Waals surface area contributed by atoms with E-state index >= 15 is 0 Å². The van der Waals surface area contributed by atoms with E-state index in [0.717, 1.165) is 29.1 Å². The molecule has 0 aliphatic heterocycles. The van der Waals surface area contributed by atoms with Gasteiger partial charge in [-0.1, -0.05) is 29.8 Å². The van der Waals surface area contributed by atoms with E-state index in [9.17, 15) is 4.79 Å². The van der Waals surface area contributed by atoms with Gasteiger partial charge in [-0.3, -0.25) is 9.48 Å². The summed E-state index contributed by atoms with van der Waals surface area (Å²) >= 11 is 5.87. The van der Waals surface area contributed by atoms with Gasteiger partial charge < -0.3 is 5.32 Å². The van der Waals surface area contributed by atoms with Gasteiger partial charge in [0.2, 0.25) is 5.91 Å². The Kier molecular flexibility index (Phi) is 5.58. The van der Waals surface area contributed by atoms with Crippen LogP contribution in [0.2, 0.25) is 5.02 Å². The zero-order valence-corrected chi connectivity index (χ0v) is 12.5. The third-order valence-electron chi connectivity index (χ3n) is 3.05. The monoisotopic (exact) mass is 303 g/mol. The Hall–Kier alpha value is -2.07. The number of aryl methyl sites for hydroxylation is 1. The topological polar surface area (TPSA) is 46.9 Å². The third kappa shape index (κ3) is 4.76. The first-order chi connectivity index (χ1) is 10.2. The fourth-order valence-corrected chi connectivity index (χ4v) is 2.08. The van der Waals surface area contributed by atoms with Crippen molar-refractivity contribution in [2.75, 3.05) is 6.54 Å². The normalized spacial score (nSPS) is 10.3. The molecule has 0 saturated carbocycles. The number of nitrogens with zero attached hydrogens (tertiary/aromatic N) is 2. The lowest BCUT2D eigenvalue weighted by Gasteiger charge is -2.02. The molecule has 0 radical (unpaired) electrons. The van der Waals surface area contributed by atoms with E-state index in [1.165, 1.54) is 0 Å². The molecule has 21 heavy (non-hydrogen) atoms. The van der Waals surface area contributed by atoms with E-state index in [1.54, 1.807) is 6.08 Å². The predicted molar refractivity (Wildman–Crippen MR) is 85.1 cm³/mol. The molecule has 1 amide bonds. The average Bonchev–Trinajstić information content (AvgIpc) is 2.95. The zero-order chi connectivity index (χ0) is 15.1. The van der Waals surface area contributed by atoms with E-state index in [2.05, 4.69) is 17.0 Å². The quantitative estimate of drug-likeness (QED) is 0.798. The molecule has 5 heteroatoms. The molecule has 2 aromatic rings. The minimum Gasteiger partial charge on any atom is -0.353 e. The lowest BCUT2D eigenvalue weighted by Crippen LogP contribution is -2.23. The van der Waals surface area contributed by atoms with Crippen molar-refractivity contribution >= 4 is 17.5 Å². The van der Waals surface area contributed by atoms with Crippen molar-refractivity contribution in [1.82, 2.24) is 15.1 Å². The number of hydrogen-bond donors (Lipinski definition) is 1. The van der Waals surface area contributed by atoms with Gasteiger partial charge in [-0.2, -0.15) is 5.10 Å². The van der Waals surface area contributed by atoms with Gasteiger partial charge in [-0.25, -0.2) is 0 Å². The summed E-state index contributed by atoms with van der Waals surface area (Å²) < 4.78 is 1.85. The van der Waals surface area contributed by atoms with Gasteiger partial charge >= 0.3 is 0 Å². The predicted octanol–water partition coefficient (Wildman–Crippen LogP) is 3.29. The summed E-state index contributed by atoms with van der Waals surface area (Å²) in [6, 6.07) is 7.65. The van der Waals surface area contributed by atoms with E-state index in [4.69, 9.17) is 11.6 Å². The molecule has 0 fully saturated rings. The molecule has 1 heterocycles. The number of hydrogen-bond acceptors (Lipinski definition) is 2. The zero-order valence-electron chi connectivity index (χ0n) is 11.8. The SMILES string of the molecule is C=CCNC(=O)CCCn1cc(-c2ccc(Cl)cc2)cn1. The summed E-state index contributed by atoms with van der Waals surface area (Å²) in [5.74, 6) is 0.0416. The van der Waals surface area contributed by atoms with Crippen LogP contribution in [0.1, 0.15) is 12.8 Å². The summed E-state index contributed by atoms with van der Waals surface area (Å²) in [5.41, 5.74) is 2.12. The molecular weight excluding hydrogens is 286 g/mol. The first-order valence-corrected chi connectivity index (χ1v) is 7.23. The molecule has 0 atom stereocenters. The Morgan fingerprint density at radius 2 is 2.10 bits per heavy atom. The van der Waals surface area contributed by atoms with Gasteiger partial charge in [-0.15, -0.1) is 6.58 Å². The summed E-state index contributed by atoms with van der Waals surface area (Å²) in [6.07, 6.45) is 6.71. The molecular formula is C16H18ClN3O. The molecule has 1 aromatic heterocycles. The summed E-state index contributed by atoms with van der Waals surface area (Å²) in [4.78, 5) is 11.4. The summed E-state index contributed by atoms with van der Waals surface area (Å²) in [7, 11) is 0. The van der Waals surface area contributed by atoms with Crippen molar-refractivity contribution in [2.24, 2.45) is 0 Å². The maximum atomic E-state index is 11.4. The van der Waals surface area contributed by atoms with Crippen LogP contribution in [0.4, 0.5) is 0 Å². The fraction of sp³-hybridized carbons (Fsp3) is 0.250. The second-order valence-electron chi connectivity index (χ2n) is 4.70. The van der Waals surface area contributed by atoms with Crippen molar-refractivity contribution in [3.05, 3.63) is 54.3 Å². The van der Waals surface area contributed by atoms with Crippen LogP contribution in [0.25, 0.3) is 11.1 Å². The molecule has 0 unspecified atom stereocenters. The van der Waals surface area contributed by atoms with Crippen LogP contribution in [0.5, 0.6) is 0 Å². The Morgan fingerprint density at radius 1 is 1.33 bits per heavy atom. The highest BCUT2D eigenvalue weighted by atomic mass is 35.5. The van der Waals surface area contributed by atoms with Gasteiger partial charge in [0.15, 0.2) is 0 Å². The summed E-state index contributed by atoms with van der Waals surface area (Å²) in [6.45, 7) is 4.79. The van der Waals surface area contributed by atoms with Crippen LogP contribution in [0, 0.1) is 0 Å². The Labute approximate surface area is 129 Å². The number of carbonyl (C=O) groups is 1. The number of carbonyl (C=O) groups excluding carboxylic acids is 1. The Morgan fingerprint density at radius 3 is 2.81 bits per heavy atom. The second-order valence-corrected chi connectivity index (χ2v) is 5.13. The lowest BCUT2D eigenvalue weighted by atomic mass is 10.1. The number of amides is 1. The Balaban J connectivity index is 1.84. The molecule has 2 rings (SSSR count). The molecule has 1 N–H and O–H groups in total. The van der Waals surface area contributed by atoms with Crippen molar-refractivity contribution in [1.29, 1.82) is 0 Å². The number of rotatable bonds is 7. The lowest BCUT2D eigenvalue weighted by molar-refractivity contribution is -0.121. The maximum absolute atomic E-state index is 11.4. The van der Waals surface area contributed by atoms with Crippen LogP contribution in [0.3, 0.4) is 0 Å². The van der Waals surface area contributed by atoms with Crippen molar-refractivity contribution in [2.45, 2.75) is 19.4 Å². The van der Waals surface area contributed by atoms with E-state index in [0.29, 0.717) is 13.0 Å². The molecule has 0 saturated heterocycles. The molecule has 0 aliphatic rings. The van der Waals surface area contributed by atoms with Crippen molar-refractivity contribution in [3.8, 4) is 11.1 Å². The molecule has 0 aliphatic carbocycles. The maximum Gasteiger partial charge on any atom is 0.220 e. The van der Waals surface area contributed by atoms with Gasteiger partial charge in [0.1, 0.15) is 0 Å². The standard InChI is InChI=1S/C16H18ClN3O/c1-2-9-18-16(21)4-3-10-20-12-14(11-19-20)13-5-7-15(17)8-6-13/h2,5-8,11-12H,1,3-4,9-10H2,(H,18,21). The van der Waals surface area contributed by atoms with Crippen LogP contribution in [-0.4, -0.2) is 22.2 Å². The largest absolute Gasteiger partial charge is 0.353 e. The van der Waals surface area contributed by atoms with Crippen molar-refractivity contribution in [3.63, 3.8) is 0 Å². The van der Waals surface area contributed by atoms with E-state index < -0.39 is 0 Å². The molecule has 110 valence electrons. The van der Waals surface area contributed by atoms with Gasteiger partial charge in [0, 0.05) is 36.3 Å². The second kappa shape index (κ2) is 7.64. The smallest absolute Gasteiger partial charge is 0.220 e. The minimum atomic E-state index is 0.0416. The van der Waals surface area contributed by atoms with Crippen LogP contribution in [-0.2, 0) is 11.3 Å². The van der Waals surface area contributed by atoms with E-state index in [-0.39, 0.29) is 5.91 Å². The number of nitrogens with one attached hydrogen (secondary N) is 1.